The maximum absolute atomic E-state index is 5.35. The molecule has 5 rings (SSSR count). The number of hydrogen-bond acceptors (Lipinski definition) is 6. The molecule has 0 aliphatic heterocycles. The Labute approximate surface area is 211 Å². The average molecular weight is 474 g/mol. The van der Waals surface area contributed by atoms with Gasteiger partial charge in [0.1, 0.15) is 5.75 Å². The van der Waals surface area contributed by atoms with Crippen LogP contribution < -0.4 is 4.74 Å². The molecule has 0 N–H and O–H groups in total. The van der Waals surface area contributed by atoms with Crippen LogP contribution in [0, 0.1) is 0 Å². The van der Waals surface area contributed by atoms with Crippen LogP contribution in [0.4, 0.5) is 0 Å². The molecular formula is C30H27N5O. The fraction of sp³-hybridized carbons (Fsp3) is 0.133. The smallest absolute Gasteiger partial charge is 0.118 e. The summed E-state index contributed by atoms with van der Waals surface area (Å²) in [6.45, 7) is 2.01. The number of ether oxygens (including phenoxy) is 1. The topological polar surface area (TPSA) is 64.0 Å². The van der Waals surface area contributed by atoms with Crippen LogP contribution in [0.5, 0.6) is 5.75 Å². The van der Waals surface area contributed by atoms with E-state index in [2.05, 4.69) is 44.1 Å². The van der Waals surface area contributed by atoms with Crippen LogP contribution in [0.2, 0.25) is 0 Å². The monoisotopic (exact) mass is 473 g/mol. The van der Waals surface area contributed by atoms with E-state index in [0.717, 1.165) is 45.3 Å². The average Bonchev–Trinajstić information content (AvgIpc) is 2.94. The number of methoxy groups -OCH3 is 1. The molecular weight excluding hydrogens is 446 g/mol. The van der Waals surface area contributed by atoms with Gasteiger partial charge in [-0.25, -0.2) is 4.98 Å². The Balaban J connectivity index is 1.51. The molecule has 178 valence electrons. The van der Waals surface area contributed by atoms with E-state index in [-0.39, 0.29) is 0 Å². The number of aromatic nitrogens is 4. The highest BCUT2D eigenvalue weighted by Crippen LogP contribution is 2.27. The summed E-state index contributed by atoms with van der Waals surface area (Å²) in [5, 5.41) is 0. The lowest BCUT2D eigenvalue weighted by Gasteiger charge is -2.22. The predicted molar refractivity (Wildman–Crippen MR) is 141 cm³/mol. The lowest BCUT2D eigenvalue weighted by atomic mass is 10.0. The molecule has 6 heteroatoms. The zero-order chi connectivity index (χ0) is 24.6. The minimum atomic E-state index is 0.636. The molecule has 0 saturated heterocycles. The highest BCUT2D eigenvalue weighted by molar-refractivity contribution is 5.70. The van der Waals surface area contributed by atoms with Crippen LogP contribution in [-0.4, -0.2) is 31.9 Å². The van der Waals surface area contributed by atoms with Crippen molar-refractivity contribution in [3.8, 4) is 28.3 Å². The number of benzene rings is 1. The number of rotatable bonds is 9. The van der Waals surface area contributed by atoms with Gasteiger partial charge in [-0.05, 0) is 71.8 Å². The first kappa shape index (κ1) is 23.3. The van der Waals surface area contributed by atoms with Gasteiger partial charge in [0.15, 0.2) is 0 Å². The predicted octanol–water partition coefficient (Wildman–Crippen LogP) is 5.81. The molecule has 0 spiro atoms. The minimum absolute atomic E-state index is 0.636. The maximum Gasteiger partial charge on any atom is 0.118 e. The Hall–Kier alpha value is -4.42. The van der Waals surface area contributed by atoms with E-state index in [1.165, 1.54) is 0 Å². The molecule has 0 atom stereocenters. The van der Waals surface area contributed by atoms with E-state index >= 15 is 0 Å². The van der Waals surface area contributed by atoms with Crippen molar-refractivity contribution in [2.75, 3.05) is 7.11 Å². The molecule has 4 heterocycles. The van der Waals surface area contributed by atoms with Gasteiger partial charge in [-0.3, -0.25) is 19.9 Å². The van der Waals surface area contributed by atoms with Crippen molar-refractivity contribution >= 4 is 0 Å². The fourth-order valence-corrected chi connectivity index (χ4v) is 4.10. The lowest BCUT2D eigenvalue weighted by Crippen LogP contribution is -2.24. The number of hydrogen-bond donors (Lipinski definition) is 0. The highest BCUT2D eigenvalue weighted by Gasteiger charge is 2.14. The van der Waals surface area contributed by atoms with Crippen molar-refractivity contribution in [2.45, 2.75) is 19.6 Å². The molecule has 0 bridgehead atoms. The summed E-state index contributed by atoms with van der Waals surface area (Å²) < 4.78 is 5.35. The third-order valence-corrected chi connectivity index (χ3v) is 5.84. The first-order chi connectivity index (χ1) is 17.8. The summed E-state index contributed by atoms with van der Waals surface area (Å²) in [6, 6.07) is 30.2. The minimum Gasteiger partial charge on any atom is -0.497 e. The fourth-order valence-electron chi connectivity index (χ4n) is 4.10. The Morgan fingerprint density at radius 3 is 1.75 bits per heavy atom. The molecule has 0 aliphatic carbocycles. The van der Waals surface area contributed by atoms with Crippen LogP contribution in [0.25, 0.3) is 22.5 Å². The maximum atomic E-state index is 5.35. The molecule has 1 aromatic carbocycles. The van der Waals surface area contributed by atoms with Crippen LogP contribution in [0.3, 0.4) is 0 Å². The van der Waals surface area contributed by atoms with Crippen molar-refractivity contribution in [1.82, 2.24) is 24.8 Å². The Morgan fingerprint density at radius 2 is 1.19 bits per heavy atom. The summed E-state index contributed by atoms with van der Waals surface area (Å²) in [6.07, 6.45) is 5.46. The van der Waals surface area contributed by atoms with E-state index < -0.39 is 0 Å². The van der Waals surface area contributed by atoms with E-state index in [1.54, 1.807) is 13.3 Å². The first-order valence-corrected chi connectivity index (χ1v) is 11.9. The van der Waals surface area contributed by atoms with E-state index in [4.69, 9.17) is 9.72 Å². The Bertz CT molecular complexity index is 1340. The van der Waals surface area contributed by atoms with Crippen molar-refractivity contribution < 1.29 is 4.74 Å². The quantitative estimate of drug-likeness (QED) is 0.269. The summed E-state index contributed by atoms with van der Waals surface area (Å²) in [5.41, 5.74) is 6.83. The summed E-state index contributed by atoms with van der Waals surface area (Å²) in [4.78, 5) is 21.0. The second-order valence-corrected chi connectivity index (χ2v) is 8.46. The molecule has 0 radical (unpaired) electrons. The molecule has 0 aliphatic rings. The number of pyridine rings is 4. The second kappa shape index (κ2) is 11.3. The van der Waals surface area contributed by atoms with Gasteiger partial charge in [0, 0.05) is 38.2 Å². The zero-order valence-corrected chi connectivity index (χ0v) is 20.2. The molecule has 5 aromatic rings. The number of nitrogens with zero attached hydrogens (tertiary/aromatic N) is 5. The highest BCUT2D eigenvalue weighted by atomic mass is 16.5. The Kier molecular flexibility index (Phi) is 7.35. The first-order valence-electron chi connectivity index (χ1n) is 11.9. The molecule has 0 saturated carbocycles. The third kappa shape index (κ3) is 5.98. The summed E-state index contributed by atoms with van der Waals surface area (Å²) >= 11 is 0. The van der Waals surface area contributed by atoms with Gasteiger partial charge in [-0.15, -0.1) is 0 Å². The van der Waals surface area contributed by atoms with Gasteiger partial charge in [0.2, 0.25) is 0 Å². The van der Waals surface area contributed by atoms with Gasteiger partial charge in [0.25, 0.3) is 0 Å². The van der Waals surface area contributed by atoms with Gasteiger partial charge >= 0.3 is 0 Å². The summed E-state index contributed by atoms with van der Waals surface area (Å²) in [7, 11) is 1.68. The van der Waals surface area contributed by atoms with Gasteiger partial charge in [0.05, 0.1) is 35.6 Å². The van der Waals surface area contributed by atoms with Crippen molar-refractivity contribution in [3.63, 3.8) is 0 Å². The summed E-state index contributed by atoms with van der Waals surface area (Å²) in [5.74, 6) is 0.829. The molecule has 4 aromatic heterocycles. The van der Waals surface area contributed by atoms with E-state index in [0.29, 0.717) is 19.6 Å². The van der Waals surface area contributed by atoms with Gasteiger partial charge in [-0.2, -0.15) is 0 Å². The van der Waals surface area contributed by atoms with Crippen molar-refractivity contribution in [3.05, 3.63) is 127 Å². The molecule has 0 amide bonds. The van der Waals surface area contributed by atoms with E-state index in [1.807, 2.05) is 79.1 Å². The van der Waals surface area contributed by atoms with E-state index in [9.17, 15) is 0 Å². The van der Waals surface area contributed by atoms with Crippen molar-refractivity contribution in [1.29, 1.82) is 0 Å². The molecule has 6 nitrogen and oxygen atoms in total. The van der Waals surface area contributed by atoms with Gasteiger partial charge in [-0.1, -0.05) is 30.3 Å². The largest absolute Gasteiger partial charge is 0.497 e. The second-order valence-electron chi connectivity index (χ2n) is 8.46. The lowest BCUT2D eigenvalue weighted by molar-refractivity contribution is 0.239. The third-order valence-electron chi connectivity index (χ3n) is 5.84. The molecule has 0 unspecified atom stereocenters. The zero-order valence-electron chi connectivity index (χ0n) is 20.2. The normalized spacial score (nSPS) is 10.9. The van der Waals surface area contributed by atoms with Crippen LogP contribution >= 0.6 is 0 Å². The molecule has 0 fully saturated rings. The Morgan fingerprint density at radius 1 is 0.583 bits per heavy atom. The standard InChI is InChI=1S/C30H27N5O/c1-36-28-13-11-23(12-14-28)24-18-27(34-30(19-24)29-10-4-7-17-33-29)22-35(20-25-8-2-5-15-31-25)21-26-9-3-6-16-32-26/h2-19H,20-22H2,1H3. The van der Waals surface area contributed by atoms with Crippen LogP contribution in [-0.2, 0) is 19.6 Å². The molecule has 36 heavy (non-hydrogen) atoms. The SMILES string of the molecule is COc1ccc(-c2cc(CN(Cc3ccccn3)Cc3ccccn3)nc(-c3ccccn3)c2)cc1. The van der Waals surface area contributed by atoms with Crippen LogP contribution in [0.1, 0.15) is 17.1 Å². The van der Waals surface area contributed by atoms with Crippen LogP contribution in [0.15, 0.2) is 110 Å². The van der Waals surface area contributed by atoms with Gasteiger partial charge < -0.3 is 4.74 Å². The van der Waals surface area contributed by atoms with Crippen molar-refractivity contribution in [2.24, 2.45) is 0 Å².